The van der Waals surface area contributed by atoms with Gasteiger partial charge in [0.1, 0.15) is 11.1 Å². The van der Waals surface area contributed by atoms with Crippen molar-refractivity contribution in [3.8, 4) is 6.07 Å². The minimum Gasteiger partial charge on any atom is -0.358 e. The lowest BCUT2D eigenvalue weighted by Crippen LogP contribution is -2.07. The van der Waals surface area contributed by atoms with E-state index < -0.39 is 21.8 Å². The highest BCUT2D eigenvalue weighted by Gasteiger charge is 2.17. The predicted octanol–water partition coefficient (Wildman–Crippen LogP) is 3.13. The van der Waals surface area contributed by atoms with Gasteiger partial charge in [0.25, 0.3) is 0 Å². The van der Waals surface area contributed by atoms with Crippen LogP contribution in [0, 0.1) is 25.2 Å². The van der Waals surface area contributed by atoms with Gasteiger partial charge in [-0.3, -0.25) is 8.93 Å². The zero-order chi connectivity index (χ0) is 18.1. The third kappa shape index (κ3) is 3.51. The van der Waals surface area contributed by atoms with Crippen LogP contribution in [0.15, 0.2) is 23.4 Å². The zero-order valence-corrected chi connectivity index (χ0v) is 16.3. The first-order valence-electron chi connectivity index (χ1n) is 7.36. The maximum absolute atomic E-state index is 12.7. The number of rotatable bonds is 5. The van der Waals surface area contributed by atoms with E-state index in [0.717, 1.165) is 21.3 Å². The van der Waals surface area contributed by atoms with Crippen molar-refractivity contribution >= 4 is 49.7 Å². The third-order valence-electron chi connectivity index (χ3n) is 3.67. The number of aromatic nitrogens is 2. The smallest absolute Gasteiger partial charge is 0.170 e. The van der Waals surface area contributed by atoms with E-state index in [1.54, 1.807) is 12.5 Å². The van der Waals surface area contributed by atoms with Crippen LogP contribution in [0.25, 0.3) is 10.9 Å². The molecule has 2 atom stereocenters. The van der Waals surface area contributed by atoms with Gasteiger partial charge < -0.3 is 4.98 Å². The van der Waals surface area contributed by atoms with Crippen LogP contribution in [0.1, 0.15) is 21.0 Å². The van der Waals surface area contributed by atoms with Gasteiger partial charge in [-0.15, -0.1) is 11.3 Å². The minimum atomic E-state index is -1.55. The number of nitrogens with zero attached hydrogens (tertiary/aromatic N) is 2. The molecule has 0 radical (unpaired) electrons. The fraction of sp³-hybridized carbons (Fsp3) is 0.250. The van der Waals surface area contributed by atoms with Crippen molar-refractivity contribution in [3.05, 3.63) is 39.3 Å². The summed E-state index contributed by atoms with van der Waals surface area (Å²) in [7, 11) is -2.54. The number of nitriles is 1. The number of aromatic amines is 1. The van der Waals surface area contributed by atoms with Gasteiger partial charge >= 0.3 is 0 Å². The lowest BCUT2D eigenvalue weighted by atomic mass is 10.1. The van der Waals surface area contributed by atoms with Gasteiger partial charge in [0.15, 0.2) is 16.0 Å². The quantitative estimate of drug-likeness (QED) is 0.697. The third-order valence-corrected chi connectivity index (χ3v) is 6.78. The minimum absolute atomic E-state index is 0.361. The summed E-state index contributed by atoms with van der Waals surface area (Å²) in [4.78, 5) is 8.27. The van der Waals surface area contributed by atoms with E-state index in [-0.39, 0.29) is 0 Å². The number of anilines is 1. The molecule has 0 fully saturated rings. The molecule has 25 heavy (non-hydrogen) atoms. The van der Waals surface area contributed by atoms with Gasteiger partial charge in [-0.05, 0) is 25.5 Å². The van der Waals surface area contributed by atoms with Gasteiger partial charge in [0, 0.05) is 33.5 Å². The number of hydrogen-bond donors (Lipinski definition) is 2. The Kier molecular flexibility index (Phi) is 5.03. The fourth-order valence-electron chi connectivity index (χ4n) is 2.58. The number of hydrogen-bond acceptors (Lipinski definition) is 5. The van der Waals surface area contributed by atoms with Gasteiger partial charge in [0.05, 0.1) is 22.5 Å². The Balaban J connectivity index is 1.94. The molecular formula is C16H16N4O2S3. The van der Waals surface area contributed by atoms with E-state index in [4.69, 9.17) is 0 Å². The highest BCUT2D eigenvalue weighted by atomic mass is 32.2. The predicted molar refractivity (Wildman–Crippen MR) is 102 cm³/mol. The van der Waals surface area contributed by atoms with Crippen LogP contribution < -0.4 is 4.72 Å². The SMILES string of the molecule is Cc1sc(CS(C)=O)nc1S(=O)Nc1ccc(C)c2c(C#N)c[nH]c12. The number of aryl methyl sites for hydroxylation is 2. The molecule has 6 nitrogen and oxygen atoms in total. The second kappa shape index (κ2) is 7.07. The van der Waals surface area contributed by atoms with Gasteiger partial charge in [-0.2, -0.15) is 5.26 Å². The van der Waals surface area contributed by atoms with E-state index in [9.17, 15) is 13.7 Å². The fourth-order valence-corrected chi connectivity index (χ4v) is 5.68. The molecule has 0 aliphatic rings. The van der Waals surface area contributed by atoms with Gasteiger partial charge in [0.2, 0.25) is 0 Å². The maximum atomic E-state index is 12.7. The highest BCUT2D eigenvalue weighted by Crippen LogP contribution is 2.30. The molecule has 0 saturated carbocycles. The standard InChI is InChI=1S/C16H16N4O2S3/c1-9-4-5-12(15-14(9)11(6-17)7-18-15)20-25(22)16-10(2)23-13(19-16)8-24(3)21/h4-5,7,18,20H,8H2,1-3H3. The number of nitrogens with one attached hydrogen (secondary N) is 2. The highest BCUT2D eigenvalue weighted by molar-refractivity contribution is 7.86. The van der Waals surface area contributed by atoms with E-state index in [0.29, 0.717) is 27.0 Å². The first kappa shape index (κ1) is 17.8. The molecule has 2 aromatic heterocycles. The summed E-state index contributed by atoms with van der Waals surface area (Å²) in [5.74, 6) is 0.361. The van der Waals surface area contributed by atoms with Crippen LogP contribution in [0.2, 0.25) is 0 Å². The monoisotopic (exact) mass is 392 g/mol. The Hall–Kier alpha value is -2.02. The van der Waals surface area contributed by atoms with Crippen LogP contribution in [-0.4, -0.2) is 24.6 Å². The second-order valence-corrected chi connectivity index (χ2v) is 9.40. The number of fused-ring (bicyclic) bond motifs is 1. The van der Waals surface area contributed by atoms with Crippen LogP contribution in [-0.2, 0) is 27.5 Å². The van der Waals surface area contributed by atoms with E-state index in [1.807, 2.05) is 26.0 Å². The van der Waals surface area contributed by atoms with Crippen molar-refractivity contribution in [1.29, 1.82) is 5.26 Å². The summed E-state index contributed by atoms with van der Waals surface area (Å²) >= 11 is 1.41. The van der Waals surface area contributed by atoms with Crippen molar-refractivity contribution in [2.24, 2.45) is 0 Å². The topological polar surface area (TPSA) is 98.6 Å². The molecule has 0 amide bonds. The number of benzene rings is 1. The normalized spacial score (nSPS) is 13.5. The first-order valence-corrected chi connectivity index (χ1v) is 11.1. The largest absolute Gasteiger partial charge is 0.358 e. The molecule has 1 aromatic carbocycles. The van der Waals surface area contributed by atoms with Gasteiger partial charge in [-0.25, -0.2) is 9.19 Å². The van der Waals surface area contributed by atoms with Crippen molar-refractivity contribution in [3.63, 3.8) is 0 Å². The first-order chi connectivity index (χ1) is 11.9. The summed E-state index contributed by atoms with van der Waals surface area (Å²) in [6.07, 6.45) is 3.27. The van der Waals surface area contributed by atoms with E-state index in [1.165, 1.54) is 11.3 Å². The summed E-state index contributed by atoms with van der Waals surface area (Å²) in [6.45, 7) is 3.78. The summed E-state index contributed by atoms with van der Waals surface area (Å²) < 4.78 is 27.1. The molecular weight excluding hydrogens is 376 g/mol. The Morgan fingerprint density at radius 1 is 1.36 bits per heavy atom. The molecule has 3 aromatic rings. The molecule has 130 valence electrons. The molecule has 2 N–H and O–H groups in total. The number of H-pyrrole nitrogens is 1. The Morgan fingerprint density at radius 2 is 2.12 bits per heavy atom. The summed E-state index contributed by atoms with van der Waals surface area (Å²) in [5.41, 5.74) is 2.92. The molecule has 9 heteroatoms. The van der Waals surface area contributed by atoms with Crippen molar-refractivity contribution in [2.45, 2.75) is 24.6 Å². The van der Waals surface area contributed by atoms with Crippen LogP contribution in [0.4, 0.5) is 5.69 Å². The number of thiazole rings is 1. The molecule has 0 saturated heterocycles. The Bertz CT molecular complexity index is 1050. The van der Waals surface area contributed by atoms with E-state index in [2.05, 4.69) is 20.8 Å². The molecule has 3 rings (SSSR count). The van der Waals surface area contributed by atoms with Crippen molar-refractivity contribution in [1.82, 2.24) is 9.97 Å². The molecule has 0 spiro atoms. The summed E-state index contributed by atoms with van der Waals surface area (Å²) in [5, 5.41) is 11.2. The molecule has 0 aliphatic carbocycles. The zero-order valence-electron chi connectivity index (χ0n) is 13.9. The average Bonchev–Trinajstić information content (AvgIpc) is 3.13. The second-order valence-electron chi connectivity index (χ2n) is 5.55. The molecule has 2 heterocycles. The van der Waals surface area contributed by atoms with E-state index >= 15 is 0 Å². The Morgan fingerprint density at radius 3 is 2.80 bits per heavy atom. The van der Waals surface area contributed by atoms with Crippen molar-refractivity contribution < 1.29 is 8.42 Å². The average molecular weight is 393 g/mol. The van der Waals surface area contributed by atoms with Crippen LogP contribution in [0.5, 0.6) is 0 Å². The Labute approximate surface area is 154 Å². The molecule has 2 unspecified atom stereocenters. The molecule has 0 bridgehead atoms. The maximum Gasteiger partial charge on any atom is 0.170 e. The van der Waals surface area contributed by atoms with Crippen LogP contribution >= 0.6 is 11.3 Å². The molecule has 0 aliphatic heterocycles. The van der Waals surface area contributed by atoms with Crippen molar-refractivity contribution in [2.75, 3.05) is 11.0 Å². The lowest BCUT2D eigenvalue weighted by Gasteiger charge is -2.08. The summed E-state index contributed by atoms with van der Waals surface area (Å²) in [6, 6.07) is 5.87. The lowest BCUT2D eigenvalue weighted by molar-refractivity contribution is 0.682. The van der Waals surface area contributed by atoms with Gasteiger partial charge in [-0.1, -0.05) is 6.07 Å². The van der Waals surface area contributed by atoms with Crippen LogP contribution in [0.3, 0.4) is 0 Å².